The number of benzene rings is 4. The normalized spacial score (nSPS) is 25.8. The van der Waals surface area contributed by atoms with Crippen LogP contribution in [0.25, 0.3) is 10.8 Å². The average Bonchev–Trinajstić information content (AvgIpc) is 3.86. The fraction of sp³-hybridized carbons (Fsp3) is 0.243. The number of aromatic amines is 1. The molecule has 9 rings (SSSR count). The minimum Gasteiger partial charge on any atom is -0.483 e. The molecule has 256 valence electrons. The summed E-state index contributed by atoms with van der Waals surface area (Å²) in [7, 11) is 0. The van der Waals surface area contributed by atoms with Crippen molar-refractivity contribution in [1.29, 1.82) is 0 Å². The van der Waals surface area contributed by atoms with Crippen LogP contribution < -0.4 is 19.8 Å². The Bertz CT molecular complexity index is 2360. The minimum absolute atomic E-state index is 0.0611. The number of carbonyl (C=O) groups is 3. The van der Waals surface area contributed by atoms with Gasteiger partial charge in [0.1, 0.15) is 5.75 Å². The van der Waals surface area contributed by atoms with Crippen LogP contribution in [0.5, 0.6) is 5.75 Å². The lowest BCUT2D eigenvalue weighted by Gasteiger charge is -2.43. The molecular formula is C37H27BrN4O7S2. The van der Waals surface area contributed by atoms with Gasteiger partial charge in [0.05, 0.1) is 27.5 Å². The molecule has 4 aromatic carbocycles. The average molecular weight is 784 g/mol. The molecule has 5 aromatic rings. The molecule has 2 saturated carbocycles. The number of H-pyrrole nitrogens is 1. The highest BCUT2D eigenvalue weighted by Crippen LogP contribution is 2.69. The van der Waals surface area contributed by atoms with Crippen molar-refractivity contribution < 1.29 is 24.0 Å². The second-order valence-corrected chi connectivity index (χ2v) is 16.4. The summed E-state index contributed by atoms with van der Waals surface area (Å²) in [5.41, 5.74) is 1.68. The Hall–Kier alpha value is -4.79. The zero-order valence-corrected chi connectivity index (χ0v) is 29.7. The number of nitrogens with one attached hydrogen (secondary N) is 2. The van der Waals surface area contributed by atoms with Crippen LogP contribution in [0, 0.1) is 39.7 Å². The van der Waals surface area contributed by atoms with Gasteiger partial charge in [0.15, 0.2) is 6.61 Å². The lowest BCUT2D eigenvalue weighted by molar-refractivity contribution is -0.384. The molecule has 2 bridgehead atoms. The summed E-state index contributed by atoms with van der Waals surface area (Å²) in [6.07, 6.45) is 0.691. The fourth-order valence-electron chi connectivity index (χ4n) is 8.90. The van der Waals surface area contributed by atoms with Gasteiger partial charge >= 0.3 is 4.87 Å². The zero-order valence-electron chi connectivity index (χ0n) is 26.5. The number of amides is 3. The molecule has 11 nitrogen and oxygen atoms in total. The van der Waals surface area contributed by atoms with E-state index in [1.54, 1.807) is 11.8 Å². The number of ether oxygens (including phenoxy) is 1. The third-order valence-corrected chi connectivity index (χ3v) is 13.9. The minimum atomic E-state index is -0.553. The summed E-state index contributed by atoms with van der Waals surface area (Å²) >= 11 is 6.34. The first-order valence-electron chi connectivity index (χ1n) is 16.4. The van der Waals surface area contributed by atoms with Gasteiger partial charge in [-0.1, -0.05) is 63.7 Å². The smallest absolute Gasteiger partial charge is 0.305 e. The number of thioether (sulfide) groups is 1. The van der Waals surface area contributed by atoms with E-state index in [0.717, 1.165) is 42.0 Å². The van der Waals surface area contributed by atoms with Gasteiger partial charge in [-0.2, -0.15) is 0 Å². The van der Waals surface area contributed by atoms with Gasteiger partial charge in [-0.15, -0.1) is 11.8 Å². The number of thiazole rings is 1. The Labute approximate surface area is 306 Å². The van der Waals surface area contributed by atoms with Crippen molar-refractivity contribution in [1.82, 2.24) is 4.98 Å². The van der Waals surface area contributed by atoms with Crippen molar-refractivity contribution in [2.45, 2.75) is 22.6 Å². The topological polar surface area (TPSA) is 152 Å². The summed E-state index contributed by atoms with van der Waals surface area (Å²) in [6, 6.07) is 24.6. The van der Waals surface area contributed by atoms with Crippen LogP contribution in [0.15, 0.2) is 99.2 Å². The maximum Gasteiger partial charge on any atom is 0.305 e. The monoisotopic (exact) mass is 782 g/mol. The number of fused-ring (bicyclic) bond motifs is 10. The third-order valence-electron chi connectivity index (χ3n) is 10.8. The molecule has 51 heavy (non-hydrogen) atoms. The maximum atomic E-state index is 14.1. The molecule has 3 heterocycles. The van der Waals surface area contributed by atoms with Crippen molar-refractivity contribution in [3.63, 3.8) is 0 Å². The molecule has 1 aromatic heterocycles. The van der Waals surface area contributed by atoms with Crippen molar-refractivity contribution >= 4 is 84.6 Å². The number of rotatable bonds is 7. The van der Waals surface area contributed by atoms with Crippen molar-refractivity contribution in [2.75, 3.05) is 16.8 Å². The van der Waals surface area contributed by atoms with E-state index < -0.39 is 16.8 Å². The Morgan fingerprint density at radius 3 is 2.51 bits per heavy atom. The number of hydrogen-bond acceptors (Lipinski definition) is 9. The molecule has 7 atom stereocenters. The van der Waals surface area contributed by atoms with Crippen LogP contribution >= 0.6 is 39.0 Å². The number of hydrogen-bond donors (Lipinski definition) is 2. The van der Waals surface area contributed by atoms with E-state index in [4.69, 9.17) is 4.74 Å². The molecule has 2 aliphatic carbocycles. The SMILES string of the molecule is O=C(COc1ccc(Br)cc1[C@H]1c2sc(=O)[nH]c2SC2C3CC(C4C(=O)N(c5ccc([N+](=O)[O-])cc5)C(=O)C34)C21)Nc1cccc2ccccc12. The highest BCUT2D eigenvalue weighted by molar-refractivity contribution is 9.10. The number of non-ortho nitro benzene ring substituents is 1. The van der Waals surface area contributed by atoms with E-state index in [1.807, 2.05) is 60.7 Å². The van der Waals surface area contributed by atoms with E-state index in [9.17, 15) is 29.3 Å². The molecule has 0 radical (unpaired) electrons. The summed E-state index contributed by atoms with van der Waals surface area (Å²) in [5.74, 6) is -2.19. The van der Waals surface area contributed by atoms with Gasteiger partial charge in [0.2, 0.25) is 11.8 Å². The lowest BCUT2D eigenvalue weighted by Crippen LogP contribution is -2.42. The Morgan fingerprint density at radius 1 is 0.980 bits per heavy atom. The van der Waals surface area contributed by atoms with E-state index in [-0.39, 0.29) is 63.8 Å². The number of anilines is 2. The predicted molar refractivity (Wildman–Crippen MR) is 196 cm³/mol. The maximum absolute atomic E-state index is 14.1. The second-order valence-electron chi connectivity index (χ2n) is 13.3. The highest BCUT2D eigenvalue weighted by atomic mass is 79.9. The summed E-state index contributed by atoms with van der Waals surface area (Å²) in [5, 5.41) is 16.8. The number of nitro benzene ring substituents is 1. The molecule has 4 aliphatic rings. The summed E-state index contributed by atoms with van der Waals surface area (Å²) < 4.78 is 7.06. The molecule has 2 aliphatic heterocycles. The largest absolute Gasteiger partial charge is 0.483 e. The molecule has 3 fully saturated rings. The Kier molecular flexibility index (Phi) is 7.67. The number of nitrogens with zero attached hydrogens (tertiary/aromatic N) is 2. The quantitative estimate of drug-likeness (QED) is 0.102. The molecule has 14 heteroatoms. The molecule has 0 spiro atoms. The molecule has 3 amide bonds. The number of imide groups is 1. The van der Waals surface area contributed by atoms with Gasteiger partial charge < -0.3 is 15.0 Å². The van der Waals surface area contributed by atoms with Gasteiger partial charge in [0, 0.05) is 49.3 Å². The molecule has 6 unspecified atom stereocenters. The van der Waals surface area contributed by atoms with Crippen molar-refractivity contribution in [3.8, 4) is 5.75 Å². The van der Waals surface area contributed by atoms with Gasteiger partial charge in [0.25, 0.3) is 11.6 Å². The van der Waals surface area contributed by atoms with Crippen LogP contribution in [-0.2, 0) is 14.4 Å². The Morgan fingerprint density at radius 2 is 1.73 bits per heavy atom. The number of halogens is 1. The second kappa shape index (κ2) is 12.2. The van der Waals surface area contributed by atoms with E-state index in [1.165, 1.54) is 29.2 Å². The molecule has 1 saturated heterocycles. The Balaban J connectivity index is 1.04. The first-order chi connectivity index (χ1) is 24.7. The number of aromatic nitrogens is 1. The van der Waals surface area contributed by atoms with E-state index >= 15 is 0 Å². The molecule has 2 N–H and O–H groups in total. The fourth-order valence-corrected chi connectivity index (χ4v) is 12.2. The summed E-state index contributed by atoms with van der Waals surface area (Å²) in [6.45, 7) is -0.252. The summed E-state index contributed by atoms with van der Waals surface area (Å²) in [4.78, 5) is 69.8. The van der Waals surface area contributed by atoms with Gasteiger partial charge in [-0.05, 0) is 66.0 Å². The molecular weight excluding hydrogens is 756 g/mol. The van der Waals surface area contributed by atoms with Crippen LogP contribution in [0.2, 0.25) is 0 Å². The first kappa shape index (κ1) is 32.1. The first-order valence-corrected chi connectivity index (χ1v) is 18.9. The highest BCUT2D eigenvalue weighted by Gasteiger charge is 2.70. The van der Waals surface area contributed by atoms with Crippen LogP contribution in [-0.4, -0.2) is 39.5 Å². The predicted octanol–water partition coefficient (Wildman–Crippen LogP) is 6.96. The number of nitro groups is 1. The van der Waals surface area contributed by atoms with Gasteiger partial charge in [-0.25, -0.2) is 0 Å². The van der Waals surface area contributed by atoms with Crippen molar-refractivity contribution in [3.05, 3.63) is 120 Å². The number of carbonyl (C=O) groups excluding carboxylic acids is 3. The lowest BCUT2D eigenvalue weighted by atomic mass is 9.68. The van der Waals surface area contributed by atoms with E-state index in [0.29, 0.717) is 23.5 Å². The van der Waals surface area contributed by atoms with Crippen LogP contribution in [0.1, 0.15) is 22.8 Å². The van der Waals surface area contributed by atoms with E-state index in [2.05, 4.69) is 26.2 Å². The third kappa shape index (κ3) is 5.14. The van der Waals surface area contributed by atoms with Gasteiger partial charge in [-0.3, -0.25) is 34.2 Å². The van der Waals surface area contributed by atoms with Crippen LogP contribution in [0.3, 0.4) is 0 Å². The standard InChI is InChI=1S/C37H27BrN4O7S2/c38-18-8-13-26(49-16-27(43)39-25-7-3-5-17-4-1-2-6-21(17)25)22(14-18)28-29-23-15-24(32(29)50-34-33(28)51-37(46)40-34)31-30(23)35(44)41(36(31)45)19-9-11-20(12-10-19)42(47)48/h1-14,23-24,28-32H,15-16H2,(H,39,43)(H,40,46)/t23?,24?,28-,29?,30?,31?,32?/m1/s1. The zero-order chi connectivity index (χ0) is 35.1. The van der Waals surface area contributed by atoms with Crippen molar-refractivity contribution in [2.24, 2.45) is 29.6 Å². The van der Waals surface area contributed by atoms with Crippen LogP contribution in [0.4, 0.5) is 17.1 Å².